The molecule has 0 aliphatic carbocycles. The molecular weight excluding hydrogens is 273 g/mol. The average Bonchev–Trinajstić information content (AvgIpc) is 2.98. The number of thiophene rings is 1. The first-order valence-corrected chi connectivity index (χ1v) is 7.80. The summed E-state index contributed by atoms with van der Waals surface area (Å²) in [5.41, 5.74) is 1.79. The van der Waals surface area contributed by atoms with Crippen molar-refractivity contribution in [2.45, 2.75) is 19.9 Å². The van der Waals surface area contributed by atoms with Gasteiger partial charge in [-0.05, 0) is 49.0 Å². The van der Waals surface area contributed by atoms with Crippen molar-refractivity contribution in [1.29, 1.82) is 0 Å². The molecule has 0 saturated heterocycles. The lowest BCUT2D eigenvalue weighted by Gasteiger charge is -2.07. The van der Waals surface area contributed by atoms with Gasteiger partial charge in [-0.25, -0.2) is 4.39 Å². The van der Waals surface area contributed by atoms with Crippen LogP contribution >= 0.6 is 11.3 Å². The molecule has 0 saturated carbocycles. The van der Waals surface area contributed by atoms with Crippen molar-refractivity contribution in [3.8, 4) is 10.4 Å². The second-order valence-electron chi connectivity index (χ2n) is 4.52. The molecule has 0 radical (unpaired) electrons. The van der Waals surface area contributed by atoms with E-state index in [2.05, 4.69) is 5.32 Å². The zero-order valence-electron chi connectivity index (χ0n) is 11.7. The summed E-state index contributed by atoms with van der Waals surface area (Å²) >= 11 is 1.56. The molecule has 20 heavy (non-hydrogen) atoms. The summed E-state index contributed by atoms with van der Waals surface area (Å²) in [6, 6.07) is 9.20. The molecule has 0 atom stereocenters. The molecule has 0 amide bonds. The van der Waals surface area contributed by atoms with Crippen molar-refractivity contribution in [3.63, 3.8) is 0 Å². The fraction of sp³-hybridized carbons (Fsp3) is 0.375. The van der Waals surface area contributed by atoms with E-state index < -0.39 is 0 Å². The number of rotatable bonds is 8. The molecule has 2 aromatic rings. The van der Waals surface area contributed by atoms with E-state index >= 15 is 0 Å². The van der Waals surface area contributed by atoms with Gasteiger partial charge in [0.25, 0.3) is 0 Å². The lowest BCUT2D eigenvalue weighted by Crippen LogP contribution is -2.16. The second kappa shape index (κ2) is 8.15. The van der Waals surface area contributed by atoms with Crippen LogP contribution in [0.3, 0.4) is 0 Å². The topological polar surface area (TPSA) is 21.3 Å². The maximum absolute atomic E-state index is 13.8. The van der Waals surface area contributed by atoms with Crippen LogP contribution in [0.15, 0.2) is 35.7 Å². The first-order valence-electron chi connectivity index (χ1n) is 6.92. The van der Waals surface area contributed by atoms with Crippen LogP contribution in [0.4, 0.5) is 4.39 Å². The minimum absolute atomic E-state index is 0.160. The molecule has 108 valence electrons. The summed E-state index contributed by atoms with van der Waals surface area (Å²) in [5.74, 6) is -0.160. The van der Waals surface area contributed by atoms with E-state index in [1.165, 1.54) is 0 Å². The van der Waals surface area contributed by atoms with Crippen molar-refractivity contribution in [2.75, 3.05) is 19.8 Å². The van der Waals surface area contributed by atoms with Crippen LogP contribution in [0.1, 0.15) is 18.9 Å². The third-order valence-corrected chi connectivity index (χ3v) is 3.90. The normalized spacial score (nSPS) is 10.9. The molecule has 0 fully saturated rings. The number of hydrogen-bond acceptors (Lipinski definition) is 3. The van der Waals surface area contributed by atoms with Crippen LogP contribution in [-0.2, 0) is 11.3 Å². The van der Waals surface area contributed by atoms with Crippen LogP contribution < -0.4 is 5.32 Å². The average molecular weight is 293 g/mol. The summed E-state index contributed by atoms with van der Waals surface area (Å²) < 4.78 is 19.1. The Morgan fingerprint density at radius 1 is 1.30 bits per heavy atom. The number of ether oxygens (including phenoxy) is 1. The van der Waals surface area contributed by atoms with Gasteiger partial charge in [-0.15, -0.1) is 11.3 Å². The van der Waals surface area contributed by atoms with Gasteiger partial charge in [0.05, 0.1) is 0 Å². The number of benzene rings is 1. The van der Waals surface area contributed by atoms with Gasteiger partial charge >= 0.3 is 0 Å². The number of halogens is 1. The molecule has 0 unspecified atom stereocenters. The third kappa shape index (κ3) is 4.40. The maximum Gasteiger partial charge on any atom is 0.131 e. The molecule has 1 heterocycles. The number of nitrogens with one attached hydrogen (secondary N) is 1. The molecule has 2 nitrogen and oxygen atoms in total. The third-order valence-electron chi connectivity index (χ3n) is 2.99. The summed E-state index contributed by atoms with van der Waals surface area (Å²) in [7, 11) is 0. The summed E-state index contributed by atoms with van der Waals surface area (Å²) in [4.78, 5) is 0.973. The van der Waals surface area contributed by atoms with Gasteiger partial charge in [0, 0.05) is 30.2 Å². The van der Waals surface area contributed by atoms with Crippen LogP contribution in [0, 0.1) is 5.82 Å². The quantitative estimate of drug-likeness (QED) is 0.741. The van der Waals surface area contributed by atoms with E-state index in [0.29, 0.717) is 5.56 Å². The molecule has 1 aromatic heterocycles. The van der Waals surface area contributed by atoms with Gasteiger partial charge in [-0.1, -0.05) is 12.1 Å². The highest BCUT2D eigenvalue weighted by molar-refractivity contribution is 7.13. The summed E-state index contributed by atoms with van der Waals surface area (Å²) in [5, 5.41) is 5.32. The number of hydrogen-bond donors (Lipinski definition) is 1. The molecule has 0 aliphatic rings. The molecule has 0 spiro atoms. The molecule has 1 N–H and O–H groups in total. The van der Waals surface area contributed by atoms with Gasteiger partial charge in [-0.2, -0.15) is 0 Å². The largest absolute Gasteiger partial charge is 0.382 e. The zero-order valence-corrected chi connectivity index (χ0v) is 12.5. The fourth-order valence-corrected chi connectivity index (χ4v) is 2.72. The Bertz CT molecular complexity index is 513. The van der Waals surface area contributed by atoms with Crippen molar-refractivity contribution in [1.82, 2.24) is 5.32 Å². The maximum atomic E-state index is 13.8. The lowest BCUT2D eigenvalue weighted by molar-refractivity contribution is 0.144. The first kappa shape index (κ1) is 15.2. The van der Waals surface area contributed by atoms with Gasteiger partial charge in [0.1, 0.15) is 5.82 Å². The SMILES string of the molecule is CCOCCCNCc1ccc(F)c(-c2cccs2)c1. The monoisotopic (exact) mass is 293 g/mol. The smallest absolute Gasteiger partial charge is 0.131 e. The van der Waals surface area contributed by atoms with E-state index in [1.54, 1.807) is 17.4 Å². The summed E-state index contributed by atoms with van der Waals surface area (Å²) in [6.45, 7) is 5.21. The van der Waals surface area contributed by atoms with Crippen molar-refractivity contribution >= 4 is 11.3 Å². The predicted molar refractivity (Wildman–Crippen MR) is 82.5 cm³/mol. The van der Waals surface area contributed by atoms with E-state index in [4.69, 9.17) is 4.74 Å². The van der Waals surface area contributed by atoms with Crippen molar-refractivity contribution in [3.05, 3.63) is 47.1 Å². The van der Waals surface area contributed by atoms with Crippen molar-refractivity contribution in [2.24, 2.45) is 0 Å². The Morgan fingerprint density at radius 3 is 2.95 bits per heavy atom. The molecule has 0 bridgehead atoms. The standard InChI is InChI=1S/C16H20FNOS/c1-2-19-9-4-8-18-12-13-6-7-15(17)14(11-13)16-5-3-10-20-16/h3,5-7,10-11,18H,2,4,8-9,12H2,1H3. The minimum Gasteiger partial charge on any atom is -0.382 e. The first-order chi connectivity index (χ1) is 9.81. The molecule has 0 aliphatic heterocycles. The Labute approximate surface area is 123 Å². The van der Waals surface area contributed by atoms with E-state index in [-0.39, 0.29) is 5.82 Å². The Kier molecular flexibility index (Phi) is 6.18. The van der Waals surface area contributed by atoms with Gasteiger partial charge in [-0.3, -0.25) is 0 Å². The van der Waals surface area contributed by atoms with Gasteiger partial charge in [0.15, 0.2) is 0 Å². The van der Waals surface area contributed by atoms with Gasteiger partial charge < -0.3 is 10.1 Å². The van der Waals surface area contributed by atoms with Crippen LogP contribution in [0.2, 0.25) is 0 Å². The predicted octanol–water partition coefficient (Wildman–Crippen LogP) is 4.07. The minimum atomic E-state index is -0.160. The Balaban J connectivity index is 1.88. The van der Waals surface area contributed by atoms with Gasteiger partial charge in [0.2, 0.25) is 0 Å². The molecule has 4 heteroatoms. The molecule has 2 rings (SSSR count). The van der Waals surface area contributed by atoms with E-state index in [0.717, 1.165) is 43.2 Å². The fourth-order valence-electron chi connectivity index (χ4n) is 1.98. The molecule has 1 aromatic carbocycles. The van der Waals surface area contributed by atoms with Crippen LogP contribution in [-0.4, -0.2) is 19.8 Å². The highest BCUT2D eigenvalue weighted by atomic mass is 32.1. The highest BCUT2D eigenvalue weighted by Crippen LogP contribution is 2.28. The zero-order chi connectivity index (χ0) is 14.2. The van der Waals surface area contributed by atoms with Crippen LogP contribution in [0.5, 0.6) is 0 Å². The van der Waals surface area contributed by atoms with E-state index in [9.17, 15) is 4.39 Å². The van der Waals surface area contributed by atoms with Crippen molar-refractivity contribution < 1.29 is 9.13 Å². The second-order valence-corrected chi connectivity index (χ2v) is 5.47. The van der Waals surface area contributed by atoms with Crippen LogP contribution in [0.25, 0.3) is 10.4 Å². The summed E-state index contributed by atoms with van der Waals surface area (Å²) in [6.07, 6.45) is 0.993. The Morgan fingerprint density at radius 2 is 2.20 bits per heavy atom. The lowest BCUT2D eigenvalue weighted by atomic mass is 10.1. The Hall–Kier alpha value is -1.23. The van der Waals surface area contributed by atoms with E-state index in [1.807, 2.05) is 36.6 Å². The molecular formula is C16H20FNOS. The highest BCUT2D eigenvalue weighted by Gasteiger charge is 2.07.